The van der Waals surface area contributed by atoms with Gasteiger partial charge in [0, 0.05) is 11.3 Å². The monoisotopic (exact) mass is 366 g/mol. The molecule has 2 aromatic carbocycles. The summed E-state index contributed by atoms with van der Waals surface area (Å²) in [4.78, 5) is 36.1. The average Bonchev–Trinajstić information content (AvgIpc) is 2.98. The van der Waals surface area contributed by atoms with Gasteiger partial charge in [-0.25, -0.2) is 14.2 Å². The van der Waals surface area contributed by atoms with Gasteiger partial charge in [0.1, 0.15) is 6.54 Å². The highest BCUT2D eigenvalue weighted by molar-refractivity contribution is 6.01. The molecule has 0 aliphatic carbocycles. The van der Waals surface area contributed by atoms with E-state index in [0.29, 0.717) is 11.3 Å². The Bertz CT molecular complexity index is 1040. The molecule has 0 radical (unpaired) electrons. The van der Waals surface area contributed by atoms with E-state index in [-0.39, 0.29) is 5.82 Å². The number of rotatable bonds is 4. The van der Waals surface area contributed by atoms with Gasteiger partial charge >= 0.3 is 11.8 Å². The van der Waals surface area contributed by atoms with Crippen molar-refractivity contribution in [1.29, 1.82) is 0 Å². The smallest absolute Gasteiger partial charge is 0.307 e. The van der Waals surface area contributed by atoms with E-state index in [0.717, 1.165) is 15.7 Å². The molecule has 0 spiro atoms. The molecule has 0 saturated carbocycles. The van der Waals surface area contributed by atoms with Crippen LogP contribution >= 0.6 is 0 Å². The number of nitrogens with zero attached hydrogens (tertiary/aromatic N) is 2. The third-order valence-corrected chi connectivity index (χ3v) is 3.90. The Kier molecular flexibility index (Phi) is 5.16. The number of aromatic nitrogens is 2. The van der Waals surface area contributed by atoms with Crippen LogP contribution in [-0.4, -0.2) is 21.7 Å². The van der Waals surface area contributed by atoms with Gasteiger partial charge in [-0.2, -0.15) is 0 Å². The van der Waals surface area contributed by atoms with Gasteiger partial charge in [-0.05, 0) is 25.5 Å². The lowest BCUT2D eigenvalue weighted by Gasteiger charge is -2.10. The van der Waals surface area contributed by atoms with Crippen LogP contribution in [0.25, 0.3) is 11.4 Å². The zero-order valence-electron chi connectivity index (χ0n) is 14.9. The second kappa shape index (κ2) is 7.69. The first-order valence-corrected chi connectivity index (χ1v) is 8.24. The molecule has 0 saturated heterocycles. The number of nitrogens with one attached hydrogen (secondary N) is 2. The molecule has 3 aromatic rings. The van der Waals surface area contributed by atoms with Gasteiger partial charge in [0.15, 0.2) is 5.82 Å². The lowest BCUT2D eigenvalue weighted by molar-refractivity contribution is -0.120. The highest BCUT2D eigenvalue weighted by atomic mass is 16.5. The molecule has 3 amide bonds. The standard InChI is InChI=1S/C19H18N4O4/c1-12-8-9-15(13(2)10-12)20-18(25)21-16(24)11-23-17(22-27-19(23)26)14-6-4-3-5-7-14/h3-10H,11H2,1-2H3,(H2,20,21,24,25). The van der Waals surface area contributed by atoms with E-state index in [1.165, 1.54) is 0 Å². The fourth-order valence-corrected chi connectivity index (χ4v) is 2.62. The Hall–Kier alpha value is -3.68. The van der Waals surface area contributed by atoms with Gasteiger partial charge in [0.05, 0.1) is 0 Å². The van der Waals surface area contributed by atoms with Crippen molar-refractivity contribution in [2.24, 2.45) is 0 Å². The Labute approximate surface area is 154 Å². The van der Waals surface area contributed by atoms with Crippen molar-refractivity contribution in [3.8, 4) is 11.4 Å². The number of carbonyl (C=O) groups is 2. The Morgan fingerprint density at radius 3 is 2.56 bits per heavy atom. The number of hydrogen-bond donors (Lipinski definition) is 2. The first kappa shape index (κ1) is 18.1. The number of aryl methyl sites for hydroxylation is 2. The van der Waals surface area contributed by atoms with Crippen LogP contribution in [0.5, 0.6) is 0 Å². The molecule has 0 fully saturated rings. The fraction of sp³-hybridized carbons (Fsp3) is 0.158. The van der Waals surface area contributed by atoms with Crippen molar-refractivity contribution in [2.75, 3.05) is 5.32 Å². The summed E-state index contributed by atoms with van der Waals surface area (Å²) < 4.78 is 5.72. The third kappa shape index (κ3) is 4.30. The normalized spacial score (nSPS) is 10.4. The van der Waals surface area contributed by atoms with Crippen LogP contribution in [0.4, 0.5) is 10.5 Å². The third-order valence-electron chi connectivity index (χ3n) is 3.90. The molecule has 1 heterocycles. The molecular formula is C19H18N4O4. The van der Waals surface area contributed by atoms with Crippen molar-refractivity contribution in [2.45, 2.75) is 20.4 Å². The van der Waals surface area contributed by atoms with E-state index in [1.54, 1.807) is 30.3 Å². The predicted octanol–water partition coefficient (Wildman–Crippen LogP) is 2.47. The van der Waals surface area contributed by atoms with Gasteiger partial charge in [0.25, 0.3) is 0 Å². The molecule has 0 unspecified atom stereocenters. The summed E-state index contributed by atoms with van der Waals surface area (Å²) in [6.07, 6.45) is 0. The van der Waals surface area contributed by atoms with E-state index in [2.05, 4.69) is 20.3 Å². The molecule has 3 rings (SSSR count). The minimum Gasteiger partial charge on any atom is -0.307 e. The summed E-state index contributed by atoms with van der Waals surface area (Å²) in [6.45, 7) is 3.40. The van der Waals surface area contributed by atoms with Gasteiger partial charge in [-0.1, -0.05) is 53.2 Å². The number of amides is 3. The van der Waals surface area contributed by atoms with Crippen molar-refractivity contribution in [3.05, 3.63) is 70.2 Å². The molecule has 2 N–H and O–H groups in total. The maximum absolute atomic E-state index is 12.2. The molecule has 8 nitrogen and oxygen atoms in total. The van der Waals surface area contributed by atoms with Crippen LogP contribution in [0.3, 0.4) is 0 Å². The topological polar surface area (TPSA) is 106 Å². The molecule has 0 atom stereocenters. The SMILES string of the molecule is Cc1ccc(NC(=O)NC(=O)Cn2c(-c3ccccc3)noc2=O)c(C)c1. The summed E-state index contributed by atoms with van der Waals surface area (Å²) in [7, 11) is 0. The van der Waals surface area contributed by atoms with Crippen LogP contribution in [0, 0.1) is 13.8 Å². The van der Waals surface area contributed by atoms with Crippen molar-refractivity contribution >= 4 is 17.6 Å². The average molecular weight is 366 g/mol. The number of urea groups is 1. The molecular weight excluding hydrogens is 348 g/mol. The van der Waals surface area contributed by atoms with Gasteiger partial charge in [-0.3, -0.25) is 14.6 Å². The zero-order valence-corrected chi connectivity index (χ0v) is 14.9. The summed E-state index contributed by atoms with van der Waals surface area (Å²) in [5, 5.41) is 8.51. The van der Waals surface area contributed by atoms with E-state index in [4.69, 9.17) is 0 Å². The Morgan fingerprint density at radius 2 is 1.85 bits per heavy atom. The lowest BCUT2D eigenvalue weighted by Crippen LogP contribution is -2.38. The largest absolute Gasteiger partial charge is 0.442 e. The minimum absolute atomic E-state index is 0.213. The maximum Gasteiger partial charge on any atom is 0.442 e. The minimum atomic E-state index is -0.779. The molecule has 0 aliphatic rings. The highest BCUT2D eigenvalue weighted by Gasteiger charge is 2.17. The molecule has 0 bridgehead atoms. The highest BCUT2D eigenvalue weighted by Crippen LogP contribution is 2.16. The van der Waals surface area contributed by atoms with Crippen LogP contribution in [0.1, 0.15) is 11.1 Å². The maximum atomic E-state index is 12.2. The fourth-order valence-electron chi connectivity index (χ4n) is 2.62. The zero-order chi connectivity index (χ0) is 19.4. The molecule has 138 valence electrons. The van der Waals surface area contributed by atoms with Crippen molar-refractivity contribution in [3.63, 3.8) is 0 Å². The second-order valence-corrected chi connectivity index (χ2v) is 6.04. The number of anilines is 1. The summed E-state index contributed by atoms with van der Waals surface area (Å²) in [5.41, 5.74) is 3.16. The molecule has 8 heteroatoms. The van der Waals surface area contributed by atoms with Crippen LogP contribution in [0.2, 0.25) is 0 Å². The van der Waals surface area contributed by atoms with Gasteiger partial charge in [0.2, 0.25) is 5.91 Å². The summed E-state index contributed by atoms with van der Waals surface area (Å²) in [6, 6.07) is 13.7. The summed E-state index contributed by atoms with van der Waals surface area (Å²) >= 11 is 0. The number of hydrogen-bond acceptors (Lipinski definition) is 5. The van der Waals surface area contributed by atoms with Crippen LogP contribution < -0.4 is 16.4 Å². The Balaban J connectivity index is 1.69. The van der Waals surface area contributed by atoms with E-state index in [1.807, 2.05) is 32.0 Å². The van der Waals surface area contributed by atoms with Crippen molar-refractivity contribution < 1.29 is 14.1 Å². The van der Waals surface area contributed by atoms with Gasteiger partial charge < -0.3 is 5.32 Å². The van der Waals surface area contributed by atoms with E-state index < -0.39 is 24.2 Å². The van der Waals surface area contributed by atoms with E-state index >= 15 is 0 Å². The predicted molar refractivity (Wildman–Crippen MR) is 99.3 cm³/mol. The Morgan fingerprint density at radius 1 is 1.11 bits per heavy atom. The quantitative estimate of drug-likeness (QED) is 0.738. The molecule has 1 aromatic heterocycles. The molecule has 27 heavy (non-hydrogen) atoms. The number of carbonyl (C=O) groups excluding carboxylic acids is 2. The second-order valence-electron chi connectivity index (χ2n) is 6.04. The van der Waals surface area contributed by atoms with Crippen LogP contribution in [0.15, 0.2) is 57.8 Å². The van der Waals surface area contributed by atoms with Crippen LogP contribution in [-0.2, 0) is 11.3 Å². The lowest BCUT2D eigenvalue weighted by atomic mass is 10.1. The first-order valence-electron chi connectivity index (χ1n) is 8.24. The van der Waals surface area contributed by atoms with E-state index in [9.17, 15) is 14.4 Å². The molecule has 0 aliphatic heterocycles. The number of benzene rings is 2. The first-order chi connectivity index (χ1) is 12.9. The summed E-state index contributed by atoms with van der Waals surface area (Å²) in [5.74, 6) is -1.23. The van der Waals surface area contributed by atoms with Gasteiger partial charge in [-0.15, -0.1) is 0 Å². The van der Waals surface area contributed by atoms with Crippen molar-refractivity contribution in [1.82, 2.24) is 15.0 Å². The number of imide groups is 1.